The predicted molar refractivity (Wildman–Crippen MR) is 38.0 cm³/mol. The van der Waals surface area contributed by atoms with Crippen LogP contribution in [0.4, 0.5) is 8.39 Å². The molecule has 0 unspecified atom stereocenters. The Morgan fingerprint density at radius 2 is 2.00 bits per heavy atom. The minimum Gasteiger partial charge on any atom is -0.468 e. The number of hydrogen-bond donors (Lipinski definition) is 0. The lowest BCUT2D eigenvalue weighted by Crippen LogP contribution is -2.23. The van der Waals surface area contributed by atoms with E-state index in [9.17, 15) is 13.0 Å². The standard InChI is InChI=1S/C4H9F2N2O2P/c1-8(2)4(10-3)7-11(5,6)9/h1-3H3. The first-order valence-electron chi connectivity index (χ1n) is 2.67. The molecule has 0 aliphatic heterocycles. The molecule has 4 nitrogen and oxygen atoms in total. The zero-order valence-corrected chi connectivity index (χ0v) is 7.31. The van der Waals surface area contributed by atoms with Gasteiger partial charge in [0.15, 0.2) is 0 Å². The molecule has 66 valence electrons. The molecule has 0 atom stereocenters. The van der Waals surface area contributed by atoms with Gasteiger partial charge in [-0.1, -0.05) is 0 Å². The Labute approximate surface area is 63.5 Å². The van der Waals surface area contributed by atoms with E-state index < -0.39 is 7.91 Å². The minimum absolute atomic E-state index is 0.349. The van der Waals surface area contributed by atoms with Gasteiger partial charge in [0.25, 0.3) is 6.02 Å². The number of nitrogens with zero attached hydrogens (tertiary/aromatic N) is 2. The maximum atomic E-state index is 11.8. The van der Waals surface area contributed by atoms with Gasteiger partial charge in [-0.15, -0.1) is 13.2 Å². The molecule has 0 aromatic rings. The monoisotopic (exact) mass is 186 g/mol. The maximum Gasteiger partial charge on any atom is 0.534 e. The van der Waals surface area contributed by atoms with E-state index in [1.165, 1.54) is 26.1 Å². The number of hydrogen-bond acceptors (Lipinski definition) is 2. The summed E-state index contributed by atoms with van der Waals surface area (Å²) in [6.45, 7) is 0. The van der Waals surface area contributed by atoms with Gasteiger partial charge in [0.2, 0.25) is 0 Å². The van der Waals surface area contributed by atoms with Crippen molar-refractivity contribution in [2.75, 3.05) is 21.2 Å². The van der Waals surface area contributed by atoms with Crippen LogP contribution >= 0.6 is 7.91 Å². The Hall–Kier alpha value is -0.640. The van der Waals surface area contributed by atoms with Crippen molar-refractivity contribution in [2.24, 2.45) is 4.76 Å². The highest BCUT2D eigenvalue weighted by molar-refractivity contribution is 7.51. The molecule has 0 bridgehead atoms. The van der Waals surface area contributed by atoms with Crippen molar-refractivity contribution in [3.8, 4) is 0 Å². The van der Waals surface area contributed by atoms with Gasteiger partial charge in [0.05, 0.1) is 7.11 Å². The van der Waals surface area contributed by atoms with Crippen LogP contribution in [-0.2, 0) is 9.30 Å². The van der Waals surface area contributed by atoms with Gasteiger partial charge in [0, 0.05) is 14.1 Å². The van der Waals surface area contributed by atoms with Crippen LogP contribution < -0.4 is 0 Å². The third-order valence-corrected chi connectivity index (χ3v) is 1.17. The molecule has 11 heavy (non-hydrogen) atoms. The maximum absolute atomic E-state index is 11.8. The number of methoxy groups -OCH3 is 1. The highest BCUT2D eigenvalue weighted by Crippen LogP contribution is 2.50. The highest BCUT2D eigenvalue weighted by atomic mass is 31.2. The number of amidine groups is 1. The summed E-state index contributed by atoms with van der Waals surface area (Å²) in [7, 11) is -1.28. The van der Waals surface area contributed by atoms with E-state index in [1.807, 2.05) is 0 Å². The molecule has 0 aliphatic carbocycles. The van der Waals surface area contributed by atoms with E-state index in [2.05, 4.69) is 9.50 Å². The van der Waals surface area contributed by atoms with Crippen LogP contribution in [0.1, 0.15) is 0 Å². The van der Waals surface area contributed by atoms with E-state index in [1.54, 1.807) is 0 Å². The molecule has 0 fully saturated rings. The van der Waals surface area contributed by atoms with E-state index >= 15 is 0 Å². The summed E-state index contributed by atoms with van der Waals surface area (Å²) >= 11 is 0. The summed E-state index contributed by atoms with van der Waals surface area (Å²) in [5, 5.41) is 0. The first-order valence-corrected chi connectivity index (χ1v) is 4.12. The molecule has 0 aliphatic rings. The quantitative estimate of drug-likeness (QED) is 0.355. The van der Waals surface area contributed by atoms with E-state index in [0.29, 0.717) is 0 Å². The van der Waals surface area contributed by atoms with Crippen molar-refractivity contribution in [1.82, 2.24) is 4.90 Å². The fraction of sp³-hybridized carbons (Fsp3) is 0.750. The third-order valence-electron chi connectivity index (χ3n) is 0.767. The molecule has 0 amide bonds. The molecule has 0 aromatic carbocycles. The molecule has 7 heteroatoms. The van der Waals surface area contributed by atoms with Crippen molar-refractivity contribution >= 4 is 13.9 Å². The first-order chi connectivity index (χ1) is 4.87. The van der Waals surface area contributed by atoms with Crippen molar-refractivity contribution in [2.45, 2.75) is 0 Å². The molecular formula is C4H9F2N2O2P. The summed E-state index contributed by atoms with van der Waals surface area (Å²) in [4.78, 5) is 1.20. The third kappa shape index (κ3) is 4.72. The lowest BCUT2D eigenvalue weighted by atomic mass is 10.9. The lowest BCUT2D eigenvalue weighted by molar-refractivity contribution is 0.331. The van der Waals surface area contributed by atoms with Gasteiger partial charge < -0.3 is 9.64 Å². The van der Waals surface area contributed by atoms with Crippen molar-refractivity contribution < 1.29 is 17.7 Å². The number of halogens is 2. The van der Waals surface area contributed by atoms with Crippen LogP contribution in [0.15, 0.2) is 4.76 Å². The van der Waals surface area contributed by atoms with E-state index in [0.717, 1.165) is 0 Å². The molecule has 0 aromatic heterocycles. The van der Waals surface area contributed by atoms with Crippen LogP contribution in [0.25, 0.3) is 0 Å². The molecule has 0 spiro atoms. The summed E-state index contributed by atoms with van der Waals surface area (Å²) in [6, 6.07) is -0.349. The van der Waals surface area contributed by atoms with Crippen LogP contribution in [0, 0.1) is 0 Å². The zero-order chi connectivity index (χ0) is 9.07. The fourth-order valence-corrected chi connectivity index (χ4v) is 0.872. The zero-order valence-electron chi connectivity index (χ0n) is 6.41. The highest BCUT2D eigenvalue weighted by Gasteiger charge is 2.20. The molecule has 0 N–H and O–H groups in total. The number of ether oxygens (including phenoxy) is 1. The van der Waals surface area contributed by atoms with Crippen LogP contribution in [0.5, 0.6) is 0 Å². The fourth-order valence-electron chi connectivity index (χ4n) is 0.412. The molecule has 0 heterocycles. The second-order valence-corrected chi connectivity index (χ2v) is 2.99. The van der Waals surface area contributed by atoms with Crippen molar-refractivity contribution in [3.05, 3.63) is 0 Å². The van der Waals surface area contributed by atoms with Crippen molar-refractivity contribution in [3.63, 3.8) is 0 Å². The Morgan fingerprint density at radius 1 is 1.55 bits per heavy atom. The van der Waals surface area contributed by atoms with Gasteiger partial charge in [-0.3, -0.25) is 0 Å². The van der Waals surface area contributed by atoms with Crippen LogP contribution in [0.2, 0.25) is 0 Å². The second-order valence-electron chi connectivity index (χ2n) is 1.92. The summed E-state index contributed by atoms with van der Waals surface area (Å²) in [5.74, 6) is 0. The summed E-state index contributed by atoms with van der Waals surface area (Å²) in [6.07, 6.45) is 0. The lowest BCUT2D eigenvalue weighted by Gasteiger charge is -2.12. The predicted octanol–water partition coefficient (Wildman–Crippen LogP) is 1.60. The van der Waals surface area contributed by atoms with Gasteiger partial charge in [-0.25, -0.2) is 4.57 Å². The Kier molecular flexibility index (Phi) is 3.45. The van der Waals surface area contributed by atoms with Crippen LogP contribution in [0.3, 0.4) is 0 Å². The normalized spacial score (nSPS) is 13.0. The minimum atomic E-state index is -5.37. The molecule has 0 saturated heterocycles. The molecular weight excluding hydrogens is 177 g/mol. The average molecular weight is 186 g/mol. The van der Waals surface area contributed by atoms with Gasteiger partial charge in [-0.05, 0) is 0 Å². The molecule has 0 rings (SSSR count). The Morgan fingerprint density at radius 3 is 2.09 bits per heavy atom. The second kappa shape index (κ2) is 3.67. The first kappa shape index (κ1) is 10.4. The molecule has 0 radical (unpaired) electrons. The van der Waals surface area contributed by atoms with Gasteiger partial charge in [-0.2, -0.15) is 0 Å². The Balaban J connectivity index is 4.50. The van der Waals surface area contributed by atoms with E-state index in [4.69, 9.17) is 0 Å². The van der Waals surface area contributed by atoms with Gasteiger partial charge >= 0.3 is 7.91 Å². The van der Waals surface area contributed by atoms with Crippen molar-refractivity contribution in [1.29, 1.82) is 0 Å². The van der Waals surface area contributed by atoms with Gasteiger partial charge in [0.1, 0.15) is 0 Å². The smallest absolute Gasteiger partial charge is 0.468 e. The van der Waals surface area contributed by atoms with E-state index in [-0.39, 0.29) is 6.02 Å². The summed E-state index contributed by atoms with van der Waals surface area (Å²) in [5.41, 5.74) is 0. The topological polar surface area (TPSA) is 41.9 Å². The number of rotatable bonds is 1. The Bertz CT molecular complexity index is 200. The van der Waals surface area contributed by atoms with Crippen LogP contribution in [-0.4, -0.2) is 32.1 Å². The summed E-state index contributed by atoms with van der Waals surface area (Å²) < 4.78 is 40.4. The largest absolute Gasteiger partial charge is 0.534 e. The molecule has 0 saturated carbocycles. The average Bonchev–Trinajstić information content (AvgIpc) is 1.80. The SMILES string of the molecule is COC(=NP(=O)(F)F)N(C)C.